The first-order valence-electron chi connectivity index (χ1n) is 5.25. The van der Waals surface area contributed by atoms with Crippen LogP contribution in [0.3, 0.4) is 0 Å². The fourth-order valence-corrected chi connectivity index (χ4v) is 2.05. The van der Waals surface area contributed by atoms with Crippen LogP contribution in [0.5, 0.6) is 11.5 Å². The number of nitro benzene ring substituents is 1. The molecule has 92 valence electrons. The average Bonchev–Trinajstić information content (AvgIpc) is 2.32. The van der Waals surface area contributed by atoms with Crippen molar-refractivity contribution in [2.75, 3.05) is 0 Å². The van der Waals surface area contributed by atoms with E-state index in [9.17, 15) is 10.1 Å². The lowest BCUT2D eigenvalue weighted by molar-refractivity contribution is -0.385. The van der Waals surface area contributed by atoms with Crippen LogP contribution in [0.4, 0.5) is 5.69 Å². The topological polar surface area (TPSA) is 52.4 Å². The van der Waals surface area contributed by atoms with E-state index in [2.05, 4.69) is 22.6 Å². The minimum atomic E-state index is -0.397. The van der Waals surface area contributed by atoms with Gasteiger partial charge >= 0.3 is 0 Å². The standard InChI is InChI=1S/C13H10INO3/c1-9-8-10(6-7-12(9)15(16)17)18-13-5-3-2-4-11(13)14/h2-8H,1H3. The first kappa shape index (κ1) is 12.8. The molecule has 2 aromatic carbocycles. The summed E-state index contributed by atoms with van der Waals surface area (Å²) in [5, 5.41) is 10.7. The van der Waals surface area contributed by atoms with Crippen LogP contribution in [-0.2, 0) is 0 Å². The van der Waals surface area contributed by atoms with Gasteiger partial charge in [0.05, 0.1) is 8.49 Å². The molecule has 5 heteroatoms. The lowest BCUT2D eigenvalue weighted by Gasteiger charge is -2.08. The number of aryl methyl sites for hydroxylation is 1. The zero-order valence-corrected chi connectivity index (χ0v) is 11.7. The number of benzene rings is 2. The summed E-state index contributed by atoms with van der Waals surface area (Å²) >= 11 is 2.18. The Bertz CT molecular complexity index is 599. The third kappa shape index (κ3) is 2.79. The van der Waals surface area contributed by atoms with Crippen LogP contribution in [0.1, 0.15) is 5.56 Å². The molecule has 0 radical (unpaired) electrons. The van der Waals surface area contributed by atoms with Crippen LogP contribution < -0.4 is 4.74 Å². The summed E-state index contributed by atoms with van der Waals surface area (Å²) in [5.41, 5.74) is 0.688. The van der Waals surface area contributed by atoms with E-state index in [1.165, 1.54) is 6.07 Å². The maximum atomic E-state index is 10.7. The van der Waals surface area contributed by atoms with E-state index in [-0.39, 0.29) is 5.69 Å². The monoisotopic (exact) mass is 355 g/mol. The molecule has 0 saturated heterocycles. The molecule has 0 aliphatic heterocycles. The maximum absolute atomic E-state index is 10.7. The summed E-state index contributed by atoms with van der Waals surface area (Å²) in [6, 6.07) is 12.3. The molecule has 0 aliphatic rings. The summed E-state index contributed by atoms with van der Waals surface area (Å²) in [6.07, 6.45) is 0. The van der Waals surface area contributed by atoms with Crippen molar-refractivity contribution in [1.29, 1.82) is 0 Å². The summed E-state index contributed by atoms with van der Waals surface area (Å²) in [7, 11) is 0. The Morgan fingerprint density at radius 2 is 1.94 bits per heavy atom. The van der Waals surface area contributed by atoms with Gasteiger partial charge in [0.15, 0.2) is 0 Å². The molecular formula is C13H10INO3. The molecule has 0 unspecified atom stereocenters. The van der Waals surface area contributed by atoms with Crippen molar-refractivity contribution >= 4 is 28.3 Å². The molecule has 0 saturated carbocycles. The quantitative estimate of drug-likeness (QED) is 0.469. The second-order valence-corrected chi connectivity index (χ2v) is 4.90. The Hall–Kier alpha value is -1.63. The van der Waals surface area contributed by atoms with Crippen LogP contribution in [0, 0.1) is 20.6 Å². The van der Waals surface area contributed by atoms with Crippen LogP contribution in [-0.4, -0.2) is 4.92 Å². The first-order valence-corrected chi connectivity index (χ1v) is 6.33. The molecular weight excluding hydrogens is 345 g/mol. The summed E-state index contributed by atoms with van der Waals surface area (Å²) in [5.74, 6) is 1.34. The molecule has 0 atom stereocenters. The van der Waals surface area contributed by atoms with E-state index in [1.54, 1.807) is 19.1 Å². The predicted molar refractivity (Wildman–Crippen MR) is 77.1 cm³/mol. The van der Waals surface area contributed by atoms with E-state index in [1.807, 2.05) is 24.3 Å². The van der Waals surface area contributed by atoms with Crippen molar-refractivity contribution in [1.82, 2.24) is 0 Å². The fraction of sp³-hybridized carbons (Fsp3) is 0.0769. The Labute approximate surface area is 118 Å². The third-order valence-corrected chi connectivity index (χ3v) is 3.32. The second kappa shape index (κ2) is 5.34. The summed E-state index contributed by atoms with van der Waals surface area (Å²) < 4.78 is 6.69. The summed E-state index contributed by atoms with van der Waals surface area (Å²) in [4.78, 5) is 10.3. The minimum Gasteiger partial charge on any atom is -0.456 e. The largest absolute Gasteiger partial charge is 0.456 e. The molecule has 0 heterocycles. The SMILES string of the molecule is Cc1cc(Oc2ccccc2I)ccc1[N+](=O)[O-]. The van der Waals surface area contributed by atoms with Crippen molar-refractivity contribution in [3.8, 4) is 11.5 Å². The number of ether oxygens (including phenoxy) is 1. The molecule has 18 heavy (non-hydrogen) atoms. The van der Waals surface area contributed by atoms with Gasteiger partial charge in [-0.1, -0.05) is 12.1 Å². The van der Waals surface area contributed by atoms with Gasteiger partial charge in [-0.15, -0.1) is 0 Å². The minimum absolute atomic E-state index is 0.102. The number of halogens is 1. The van der Waals surface area contributed by atoms with Crippen molar-refractivity contribution in [3.63, 3.8) is 0 Å². The number of rotatable bonds is 3. The molecule has 4 nitrogen and oxygen atoms in total. The maximum Gasteiger partial charge on any atom is 0.272 e. The second-order valence-electron chi connectivity index (χ2n) is 3.74. The van der Waals surface area contributed by atoms with E-state index in [0.29, 0.717) is 11.3 Å². The van der Waals surface area contributed by atoms with Crippen molar-refractivity contribution in [2.45, 2.75) is 6.92 Å². The lowest BCUT2D eigenvalue weighted by atomic mass is 10.2. The van der Waals surface area contributed by atoms with Gasteiger partial charge in [-0.05, 0) is 53.8 Å². The Kier molecular flexibility index (Phi) is 3.81. The van der Waals surface area contributed by atoms with Crippen molar-refractivity contribution < 1.29 is 9.66 Å². The average molecular weight is 355 g/mol. The zero-order valence-electron chi connectivity index (χ0n) is 9.59. The Morgan fingerprint density at radius 3 is 2.56 bits per heavy atom. The smallest absolute Gasteiger partial charge is 0.272 e. The molecule has 0 aliphatic carbocycles. The van der Waals surface area contributed by atoms with Gasteiger partial charge in [-0.2, -0.15) is 0 Å². The van der Waals surface area contributed by atoms with Crippen LogP contribution in [0.15, 0.2) is 42.5 Å². The van der Waals surface area contributed by atoms with Crippen molar-refractivity contribution in [2.24, 2.45) is 0 Å². The lowest BCUT2D eigenvalue weighted by Crippen LogP contribution is -1.93. The molecule has 0 amide bonds. The molecule has 0 N–H and O–H groups in total. The highest BCUT2D eigenvalue weighted by Gasteiger charge is 2.11. The van der Waals surface area contributed by atoms with Gasteiger partial charge in [0.1, 0.15) is 11.5 Å². The van der Waals surface area contributed by atoms with Crippen LogP contribution >= 0.6 is 22.6 Å². The number of nitrogens with zero attached hydrogens (tertiary/aromatic N) is 1. The Balaban J connectivity index is 2.29. The van der Waals surface area contributed by atoms with E-state index >= 15 is 0 Å². The molecule has 0 fully saturated rings. The molecule has 0 spiro atoms. The van der Waals surface area contributed by atoms with Crippen molar-refractivity contribution in [3.05, 3.63) is 61.7 Å². The van der Waals surface area contributed by atoms with Gasteiger partial charge in [0.25, 0.3) is 5.69 Å². The highest BCUT2D eigenvalue weighted by atomic mass is 127. The van der Waals surface area contributed by atoms with Gasteiger partial charge < -0.3 is 4.74 Å². The van der Waals surface area contributed by atoms with Gasteiger partial charge in [0.2, 0.25) is 0 Å². The number of para-hydroxylation sites is 1. The van der Waals surface area contributed by atoms with E-state index in [0.717, 1.165) is 9.32 Å². The normalized spacial score (nSPS) is 10.1. The highest BCUT2D eigenvalue weighted by molar-refractivity contribution is 14.1. The van der Waals surface area contributed by atoms with E-state index < -0.39 is 4.92 Å². The predicted octanol–water partition coefficient (Wildman–Crippen LogP) is 4.30. The van der Waals surface area contributed by atoms with Gasteiger partial charge in [0, 0.05) is 11.6 Å². The number of hydrogen-bond donors (Lipinski definition) is 0. The van der Waals surface area contributed by atoms with Crippen LogP contribution in [0.25, 0.3) is 0 Å². The molecule has 2 aromatic rings. The summed E-state index contributed by atoms with van der Waals surface area (Å²) in [6.45, 7) is 1.70. The van der Waals surface area contributed by atoms with Gasteiger partial charge in [-0.25, -0.2) is 0 Å². The number of nitro groups is 1. The van der Waals surface area contributed by atoms with Gasteiger partial charge in [-0.3, -0.25) is 10.1 Å². The fourth-order valence-electron chi connectivity index (χ4n) is 1.55. The molecule has 2 rings (SSSR count). The molecule has 0 bridgehead atoms. The van der Waals surface area contributed by atoms with Crippen LogP contribution in [0.2, 0.25) is 0 Å². The molecule has 0 aromatic heterocycles. The number of hydrogen-bond acceptors (Lipinski definition) is 3. The zero-order chi connectivity index (χ0) is 13.1. The first-order chi connectivity index (χ1) is 8.58. The highest BCUT2D eigenvalue weighted by Crippen LogP contribution is 2.29. The third-order valence-electron chi connectivity index (χ3n) is 2.43. The van der Waals surface area contributed by atoms with E-state index in [4.69, 9.17) is 4.74 Å². The Morgan fingerprint density at radius 1 is 1.22 bits per heavy atom.